The Morgan fingerprint density at radius 2 is 1.24 bits per heavy atom. The standard InChI is InChI=1S/C12H10O4S/c13-9-3-1-5-11(7-9)15-17-16-12-6-2-4-10(14)8-12/h1-8,13-14H. The Kier molecular flexibility index (Phi) is 3.62. The van der Waals surface area contributed by atoms with E-state index in [1.54, 1.807) is 36.4 Å². The zero-order valence-corrected chi connectivity index (χ0v) is 9.55. The minimum Gasteiger partial charge on any atom is -0.508 e. The molecule has 5 heteroatoms. The van der Waals surface area contributed by atoms with Crippen molar-refractivity contribution in [1.82, 2.24) is 0 Å². The van der Waals surface area contributed by atoms with Crippen LogP contribution in [0.25, 0.3) is 0 Å². The Balaban J connectivity index is 1.87. The van der Waals surface area contributed by atoms with Gasteiger partial charge in [-0.25, -0.2) is 0 Å². The van der Waals surface area contributed by atoms with Gasteiger partial charge in [0.25, 0.3) is 12.3 Å². The van der Waals surface area contributed by atoms with E-state index in [2.05, 4.69) is 0 Å². The first-order chi connectivity index (χ1) is 8.24. The summed E-state index contributed by atoms with van der Waals surface area (Å²) in [5, 5.41) is 18.4. The molecule has 17 heavy (non-hydrogen) atoms. The summed E-state index contributed by atoms with van der Waals surface area (Å²) < 4.78 is 10.4. The first-order valence-corrected chi connectivity index (χ1v) is 5.50. The van der Waals surface area contributed by atoms with Gasteiger partial charge in [0, 0.05) is 12.1 Å². The molecule has 0 fully saturated rings. The average Bonchev–Trinajstić information content (AvgIpc) is 2.29. The number of rotatable bonds is 4. The molecule has 0 heterocycles. The minimum atomic E-state index is 0.125. The van der Waals surface area contributed by atoms with Crippen LogP contribution in [0.3, 0.4) is 0 Å². The number of hydrogen-bond donors (Lipinski definition) is 2. The molecule has 0 radical (unpaired) electrons. The van der Waals surface area contributed by atoms with Crippen LogP contribution in [-0.2, 0) is 0 Å². The molecule has 0 unspecified atom stereocenters. The van der Waals surface area contributed by atoms with Crippen LogP contribution in [-0.4, -0.2) is 10.2 Å². The van der Waals surface area contributed by atoms with E-state index in [-0.39, 0.29) is 11.5 Å². The summed E-state index contributed by atoms with van der Waals surface area (Å²) in [6, 6.07) is 12.8. The topological polar surface area (TPSA) is 58.9 Å². The molecular formula is C12H10O4S. The van der Waals surface area contributed by atoms with E-state index in [9.17, 15) is 10.2 Å². The Hall–Kier alpha value is -2.01. The molecule has 4 nitrogen and oxygen atoms in total. The molecule has 2 aromatic rings. The molecule has 88 valence electrons. The molecule has 2 rings (SSSR count). The molecule has 0 spiro atoms. The smallest absolute Gasteiger partial charge is 0.293 e. The van der Waals surface area contributed by atoms with Gasteiger partial charge >= 0.3 is 0 Å². The fourth-order valence-electron chi connectivity index (χ4n) is 1.17. The first-order valence-electron chi connectivity index (χ1n) is 4.83. The largest absolute Gasteiger partial charge is 0.508 e. The number of phenols is 2. The van der Waals surface area contributed by atoms with Gasteiger partial charge < -0.3 is 18.6 Å². The summed E-state index contributed by atoms with van der Waals surface area (Å²) in [4.78, 5) is 0. The van der Waals surface area contributed by atoms with Crippen LogP contribution in [0.15, 0.2) is 48.5 Å². The van der Waals surface area contributed by atoms with Gasteiger partial charge in [-0.1, -0.05) is 12.1 Å². The predicted octanol–water partition coefficient (Wildman–Crippen LogP) is 3.12. The fraction of sp³-hybridized carbons (Fsp3) is 0. The van der Waals surface area contributed by atoms with E-state index in [1.807, 2.05) is 0 Å². The van der Waals surface area contributed by atoms with E-state index in [0.717, 1.165) is 12.3 Å². The zero-order chi connectivity index (χ0) is 12.1. The third kappa shape index (κ3) is 3.49. The SMILES string of the molecule is Oc1cccc(OSOc2cccc(O)c2)c1. The molecule has 0 aliphatic heterocycles. The number of phenolic OH excluding ortho intramolecular Hbond substituents is 2. The fourth-order valence-corrected chi connectivity index (χ4v) is 1.56. The highest BCUT2D eigenvalue weighted by atomic mass is 32.2. The second kappa shape index (κ2) is 5.36. The van der Waals surface area contributed by atoms with Crippen molar-refractivity contribution < 1.29 is 18.6 Å². The molecule has 0 saturated heterocycles. The van der Waals surface area contributed by atoms with Crippen molar-refractivity contribution >= 4 is 12.3 Å². The lowest BCUT2D eigenvalue weighted by Gasteiger charge is -2.04. The normalized spacial score (nSPS) is 9.88. The second-order valence-electron chi connectivity index (χ2n) is 3.23. The number of hydrogen-bond acceptors (Lipinski definition) is 5. The van der Waals surface area contributed by atoms with Gasteiger partial charge in [-0.05, 0) is 24.3 Å². The van der Waals surface area contributed by atoms with Crippen molar-refractivity contribution in [3.63, 3.8) is 0 Å². The summed E-state index contributed by atoms with van der Waals surface area (Å²) >= 11 is 0.755. The van der Waals surface area contributed by atoms with Gasteiger partial charge in [0.1, 0.15) is 23.0 Å². The van der Waals surface area contributed by atoms with Crippen LogP contribution >= 0.6 is 12.3 Å². The van der Waals surface area contributed by atoms with E-state index < -0.39 is 0 Å². The van der Waals surface area contributed by atoms with Crippen molar-refractivity contribution in [2.75, 3.05) is 0 Å². The summed E-state index contributed by atoms with van der Waals surface area (Å²) in [5.74, 6) is 1.21. The molecule has 2 N–H and O–H groups in total. The maximum atomic E-state index is 9.20. The molecule has 0 amide bonds. The second-order valence-corrected chi connectivity index (χ2v) is 3.70. The lowest BCUT2D eigenvalue weighted by atomic mass is 10.3. The van der Waals surface area contributed by atoms with Crippen LogP contribution in [0, 0.1) is 0 Å². The lowest BCUT2D eigenvalue weighted by molar-refractivity contribution is 0.468. The lowest BCUT2D eigenvalue weighted by Crippen LogP contribution is -1.87. The monoisotopic (exact) mass is 250 g/mol. The molecule has 0 aliphatic carbocycles. The third-order valence-corrected chi connectivity index (χ3v) is 2.42. The molecule has 0 aromatic heterocycles. The van der Waals surface area contributed by atoms with Crippen molar-refractivity contribution in [3.8, 4) is 23.0 Å². The van der Waals surface area contributed by atoms with Crippen molar-refractivity contribution in [2.24, 2.45) is 0 Å². The van der Waals surface area contributed by atoms with Gasteiger partial charge in [-0.15, -0.1) is 0 Å². The highest BCUT2D eigenvalue weighted by molar-refractivity contribution is 7.90. The first kappa shape index (κ1) is 11.5. The Morgan fingerprint density at radius 1 is 0.765 bits per heavy atom. The quantitative estimate of drug-likeness (QED) is 0.816. The molecule has 0 atom stereocenters. The Bertz CT molecular complexity index is 456. The van der Waals surface area contributed by atoms with Gasteiger partial charge in [-0.2, -0.15) is 0 Å². The van der Waals surface area contributed by atoms with E-state index >= 15 is 0 Å². The van der Waals surface area contributed by atoms with Crippen LogP contribution in [0.2, 0.25) is 0 Å². The van der Waals surface area contributed by atoms with Crippen LogP contribution in [0.4, 0.5) is 0 Å². The summed E-state index contributed by atoms with van der Waals surface area (Å²) in [6.07, 6.45) is 0. The predicted molar refractivity (Wildman–Crippen MR) is 65.1 cm³/mol. The maximum Gasteiger partial charge on any atom is 0.293 e. The van der Waals surface area contributed by atoms with Crippen molar-refractivity contribution in [1.29, 1.82) is 0 Å². The van der Waals surface area contributed by atoms with E-state index in [4.69, 9.17) is 8.37 Å². The minimum absolute atomic E-state index is 0.125. The van der Waals surface area contributed by atoms with Gasteiger partial charge in [-0.3, -0.25) is 0 Å². The van der Waals surface area contributed by atoms with Gasteiger partial charge in [0.2, 0.25) is 0 Å². The van der Waals surface area contributed by atoms with E-state index in [0.29, 0.717) is 11.5 Å². The van der Waals surface area contributed by atoms with Gasteiger partial charge in [0.15, 0.2) is 0 Å². The van der Waals surface area contributed by atoms with Crippen molar-refractivity contribution in [2.45, 2.75) is 0 Å². The molecule has 0 bridgehead atoms. The number of aromatic hydroxyl groups is 2. The van der Waals surface area contributed by atoms with Crippen LogP contribution in [0.1, 0.15) is 0 Å². The van der Waals surface area contributed by atoms with Crippen LogP contribution < -0.4 is 8.37 Å². The molecule has 2 aromatic carbocycles. The van der Waals surface area contributed by atoms with Crippen molar-refractivity contribution in [3.05, 3.63) is 48.5 Å². The Labute approximate surface area is 103 Å². The highest BCUT2D eigenvalue weighted by Gasteiger charge is 2.00. The maximum absolute atomic E-state index is 9.20. The van der Waals surface area contributed by atoms with E-state index in [1.165, 1.54) is 12.1 Å². The summed E-state index contributed by atoms with van der Waals surface area (Å²) in [7, 11) is 0. The molecular weight excluding hydrogens is 240 g/mol. The highest BCUT2D eigenvalue weighted by Crippen LogP contribution is 2.25. The number of benzene rings is 2. The van der Waals surface area contributed by atoms with Crippen LogP contribution in [0.5, 0.6) is 23.0 Å². The third-order valence-electron chi connectivity index (χ3n) is 1.90. The zero-order valence-electron chi connectivity index (χ0n) is 8.74. The summed E-state index contributed by atoms with van der Waals surface area (Å²) in [6.45, 7) is 0. The van der Waals surface area contributed by atoms with Gasteiger partial charge in [0.05, 0.1) is 0 Å². The average molecular weight is 250 g/mol. The summed E-state index contributed by atoms with van der Waals surface area (Å²) in [5.41, 5.74) is 0. The molecule has 0 saturated carbocycles. The Morgan fingerprint density at radius 3 is 1.65 bits per heavy atom. The molecule has 0 aliphatic rings.